The SMILES string of the molecule is COc1ccc(CCN2CCC(CCOCCn3cnc4ccccc43)CC2)cc1. The van der Waals surface area contributed by atoms with Crippen LogP contribution in [0.3, 0.4) is 0 Å². The summed E-state index contributed by atoms with van der Waals surface area (Å²) in [6.45, 7) is 6.05. The number of likely N-dealkylation sites (tertiary alicyclic amines) is 1. The number of benzene rings is 2. The van der Waals surface area contributed by atoms with Gasteiger partial charge in [-0.1, -0.05) is 24.3 Å². The molecule has 4 rings (SSSR count). The van der Waals surface area contributed by atoms with Crippen LogP contribution in [0.15, 0.2) is 54.9 Å². The van der Waals surface area contributed by atoms with Gasteiger partial charge in [0.25, 0.3) is 0 Å². The monoisotopic (exact) mass is 407 g/mol. The summed E-state index contributed by atoms with van der Waals surface area (Å²) in [5, 5.41) is 0. The van der Waals surface area contributed by atoms with Gasteiger partial charge in [-0.05, 0) is 74.5 Å². The van der Waals surface area contributed by atoms with Gasteiger partial charge in [-0.15, -0.1) is 0 Å². The van der Waals surface area contributed by atoms with Crippen molar-refractivity contribution in [2.75, 3.05) is 40.0 Å². The fourth-order valence-electron chi connectivity index (χ4n) is 4.28. The zero-order chi connectivity index (χ0) is 20.6. The predicted molar refractivity (Wildman–Crippen MR) is 121 cm³/mol. The van der Waals surface area contributed by atoms with Gasteiger partial charge in [0.05, 0.1) is 31.1 Å². The van der Waals surface area contributed by atoms with Crippen LogP contribution in [0.4, 0.5) is 0 Å². The standard InChI is InChI=1S/C25H33N3O2/c1-29-23-8-6-21(7-9-23)10-14-27-15-11-22(12-16-27)13-18-30-19-17-28-20-26-24-4-2-3-5-25(24)28/h2-9,20,22H,10-19H2,1H3. The number of nitrogens with zero attached hydrogens (tertiary/aromatic N) is 3. The van der Waals surface area contributed by atoms with E-state index in [-0.39, 0.29) is 0 Å². The number of methoxy groups -OCH3 is 1. The second kappa shape index (κ2) is 10.6. The number of fused-ring (bicyclic) bond motifs is 1. The molecule has 0 N–H and O–H groups in total. The van der Waals surface area contributed by atoms with Crippen molar-refractivity contribution >= 4 is 11.0 Å². The molecular weight excluding hydrogens is 374 g/mol. The summed E-state index contributed by atoms with van der Waals surface area (Å²) in [5.74, 6) is 1.73. The molecule has 0 aliphatic carbocycles. The molecule has 1 aromatic heterocycles. The summed E-state index contributed by atoms with van der Waals surface area (Å²) < 4.78 is 13.3. The summed E-state index contributed by atoms with van der Waals surface area (Å²) in [4.78, 5) is 7.04. The van der Waals surface area contributed by atoms with Gasteiger partial charge in [-0.2, -0.15) is 0 Å². The van der Waals surface area contributed by atoms with Crippen LogP contribution in [0.1, 0.15) is 24.8 Å². The molecule has 0 radical (unpaired) electrons. The summed E-state index contributed by atoms with van der Waals surface area (Å²) >= 11 is 0. The molecule has 1 saturated heterocycles. The Balaban J connectivity index is 1.08. The maximum atomic E-state index is 5.94. The van der Waals surface area contributed by atoms with E-state index >= 15 is 0 Å². The van der Waals surface area contributed by atoms with Gasteiger partial charge in [0, 0.05) is 19.7 Å². The van der Waals surface area contributed by atoms with Crippen LogP contribution in [0.5, 0.6) is 5.75 Å². The lowest BCUT2D eigenvalue weighted by atomic mass is 9.93. The average Bonchev–Trinajstić information content (AvgIpc) is 3.22. The molecule has 2 aromatic carbocycles. The maximum absolute atomic E-state index is 5.94. The van der Waals surface area contributed by atoms with E-state index in [4.69, 9.17) is 9.47 Å². The lowest BCUT2D eigenvalue weighted by molar-refractivity contribution is 0.0968. The molecule has 0 spiro atoms. The van der Waals surface area contributed by atoms with Crippen molar-refractivity contribution in [1.29, 1.82) is 0 Å². The molecule has 1 aliphatic heterocycles. The molecule has 5 nitrogen and oxygen atoms in total. The summed E-state index contributed by atoms with van der Waals surface area (Å²) in [5.41, 5.74) is 3.62. The largest absolute Gasteiger partial charge is 0.497 e. The molecule has 2 heterocycles. The number of rotatable bonds is 10. The van der Waals surface area contributed by atoms with Gasteiger partial charge in [-0.25, -0.2) is 4.98 Å². The zero-order valence-electron chi connectivity index (χ0n) is 18.0. The van der Waals surface area contributed by atoms with Crippen molar-refractivity contribution in [2.45, 2.75) is 32.2 Å². The van der Waals surface area contributed by atoms with Crippen LogP contribution in [0.25, 0.3) is 11.0 Å². The fourth-order valence-corrected chi connectivity index (χ4v) is 4.28. The fraction of sp³-hybridized carbons (Fsp3) is 0.480. The van der Waals surface area contributed by atoms with Crippen LogP contribution in [0.2, 0.25) is 0 Å². The molecule has 0 amide bonds. The highest BCUT2D eigenvalue weighted by molar-refractivity contribution is 5.74. The molecule has 30 heavy (non-hydrogen) atoms. The number of para-hydroxylation sites is 2. The van der Waals surface area contributed by atoms with Crippen LogP contribution in [-0.4, -0.2) is 54.4 Å². The molecule has 1 fully saturated rings. The highest BCUT2D eigenvalue weighted by Gasteiger charge is 2.18. The van der Waals surface area contributed by atoms with Crippen molar-refractivity contribution in [3.63, 3.8) is 0 Å². The van der Waals surface area contributed by atoms with Crippen molar-refractivity contribution in [1.82, 2.24) is 14.5 Å². The smallest absolute Gasteiger partial charge is 0.118 e. The van der Waals surface area contributed by atoms with E-state index in [1.54, 1.807) is 7.11 Å². The van der Waals surface area contributed by atoms with E-state index in [1.165, 1.54) is 43.4 Å². The summed E-state index contributed by atoms with van der Waals surface area (Å²) in [6, 6.07) is 16.7. The Kier molecular flexibility index (Phi) is 7.38. The Bertz CT molecular complexity index is 898. The second-order valence-corrected chi connectivity index (χ2v) is 8.21. The van der Waals surface area contributed by atoms with Crippen LogP contribution < -0.4 is 4.74 Å². The Morgan fingerprint density at radius 3 is 2.57 bits per heavy atom. The molecule has 0 unspecified atom stereocenters. The van der Waals surface area contributed by atoms with Crippen LogP contribution in [-0.2, 0) is 17.7 Å². The normalized spacial score (nSPS) is 15.6. The third-order valence-electron chi connectivity index (χ3n) is 6.26. The first-order valence-electron chi connectivity index (χ1n) is 11.1. The molecule has 5 heteroatoms. The zero-order valence-corrected chi connectivity index (χ0v) is 18.0. The Morgan fingerprint density at radius 1 is 0.967 bits per heavy atom. The van der Waals surface area contributed by atoms with Crippen molar-refractivity contribution in [3.05, 3.63) is 60.4 Å². The first-order valence-corrected chi connectivity index (χ1v) is 11.1. The number of hydrogen-bond acceptors (Lipinski definition) is 4. The minimum atomic E-state index is 0.751. The lowest BCUT2D eigenvalue weighted by Gasteiger charge is -2.32. The number of aromatic nitrogens is 2. The summed E-state index contributed by atoms with van der Waals surface area (Å²) in [7, 11) is 1.71. The van der Waals surface area contributed by atoms with Gasteiger partial charge in [-0.3, -0.25) is 0 Å². The van der Waals surface area contributed by atoms with Crippen molar-refractivity contribution in [2.24, 2.45) is 5.92 Å². The quantitative estimate of drug-likeness (QED) is 0.467. The molecule has 0 bridgehead atoms. The molecule has 160 valence electrons. The van der Waals surface area contributed by atoms with E-state index in [0.29, 0.717) is 0 Å². The van der Waals surface area contributed by atoms with E-state index in [0.717, 1.165) is 49.9 Å². The highest BCUT2D eigenvalue weighted by Crippen LogP contribution is 2.21. The number of imidazole rings is 1. The second-order valence-electron chi connectivity index (χ2n) is 8.21. The topological polar surface area (TPSA) is 39.5 Å². The predicted octanol–water partition coefficient (Wildman–Crippen LogP) is 4.41. The molecular formula is C25H33N3O2. The third-order valence-corrected chi connectivity index (χ3v) is 6.26. The van der Waals surface area contributed by atoms with Gasteiger partial charge in [0.1, 0.15) is 5.75 Å². The first-order chi connectivity index (χ1) is 14.8. The maximum Gasteiger partial charge on any atom is 0.118 e. The van der Waals surface area contributed by atoms with Gasteiger partial charge < -0.3 is 18.9 Å². The lowest BCUT2D eigenvalue weighted by Crippen LogP contribution is -2.35. The van der Waals surface area contributed by atoms with E-state index in [1.807, 2.05) is 12.4 Å². The molecule has 3 aromatic rings. The summed E-state index contributed by atoms with van der Waals surface area (Å²) in [6.07, 6.45) is 6.78. The number of hydrogen-bond donors (Lipinski definition) is 0. The van der Waals surface area contributed by atoms with E-state index in [2.05, 4.69) is 56.9 Å². The third kappa shape index (κ3) is 5.61. The Labute approximate surface area is 179 Å². The minimum absolute atomic E-state index is 0.751. The molecule has 0 saturated carbocycles. The van der Waals surface area contributed by atoms with Gasteiger partial charge in [0.15, 0.2) is 0 Å². The molecule has 0 atom stereocenters. The number of piperidine rings is 1. The Hall–Kier alpha value is -2.37. The highest BCUT2D eigenvalue weighted by atomic mass is 16.5. The Morgan fingerprint density at radius 2 is 1.77 bits per heavy atom. The average molecular weight is 408 g/mol. The van der Waals surface area contributed by atoms with E-state index < -0.39 is 0 Å². The van der Waals surface area contributed by atoms with Gasteiger partial charge in [0.2, 0.25) is 0 Å². The van der Waals surface area contributed by atoms with Crippen molar-refractivity contribution < 1.29 is 9.47 Å². The number of ether oxygens (including phenoxy) is 2. The van der Waals surface area contributed by atoms with Crippen molar-refractivity contribution in [3.8, 4) is 5.75 Å². The first kappa shape index (κ1) is 20.9. The van der Waals surface area contributed by atoms with E-state index in [9.17, 15) is 0 Å². The minimum Gasteiger partial charge on any atom is -0.497 e. The van der Waals surface area contributed by atoms with Gasteiger partial charge >= 0.3 is 0 Å². The molecule has 1 aliphatic rings. The van der Waals surface area contributed by atoms with Crippen LogP contribution >= 0.6 is 0 Å². The van der Waals surface area contributed by atoms with Crippen LogP contribution in [0, 0.1) is 5.92 Å².